The monoisotopic (exact) mass is 212 g/mol. The third-order valence-electron chi connectivity index (χ3n) is 3.59. The van der Waals surface area contributed by atoms with Crippen LogP contribution in [-0.2, 0) is 0 Å². The molecule has 2 nitrogen and oxygen atoms in total. The van der Waals surface area contributed by atoms with Crippen LogP contribution in [0.1, 0.15) is 52.9 Å². The molecule has 15 heavy (non-hydrogen) atoms. The zero-order chi connectivity index (χ0) is 11.3. The fourth-order valence-electron chi connectivity index (χ4n) is 2.51. The molecule has 0 aromatic rings. The van der Waals surface area contributed by atoms with Gasteiger partial charge in [0.1, 0.15) is 0 Å². The van der Waals surface area contributed by atoms with Gasteiger partial charge in [-0.3, -0.25) is 0 Å². The van der Waals surface area contributed by atoms with Crippen LogP contribution in [0, 0.1) is 5.92 Å². The van der Waals surface area contributed by atoms with Gasteiger partial charge in [0.2, 0.25) is 0 Å². The van der Waals surface area contributed by atoms with Crippen molar-refractivity contribution in [3.8, 4) is 0 Å². The highest BCUT2D eigenvalue weighted by Crippen LogP contribution is 2.27. The van der Waals surface area contributed by atoms with E-state index in [1.54, 1.807) is 0 Å². The van der Waals surface area contributed by atoms with E-state index in [2.05, 4.69) is 25.7 Å². The van der Waals surface area contributed by atoms with Crippen molar-refractivity contribution in [1.29, 1.82) is 0 Å². The van der Waals surface area contributed by atoms with Crippen molar-refractivity contribution < 1.29 is 0 Å². The zero-order valence-corrected chi connectivity index (χ0v) is 10.8. The van der Waals surface area contributed by atoms with Crippen molar-refractivity contribution in [2.45, 2.75) is 58.4 Å². The third-order valence-corrected chi connectivity index (χ3v) is 3.59. The lowest BCUT2D eigenvalue weighted by Gasteiger charge is -2.36. The van der Waals surface area contributed by atoms with Crippen molar-refractivity contribution in [2.24, 2.45) is 11.7 Å². The van der Waals surface area contributed by atoms with Crippen molar-refractivity contribution in [3.05, 3.63) is 0 Å². The highest BCUT2D eigenvalue weighted by Gasteiger charge is 2.24. The predicted molar refractivity (Wildman–Crippen MR) is 67.0 cm³/mol. The number of likely N-dealkylation sites (N-methyl/N-ethyl adjacent to an activating group) is 1. The van der Waals surface area contributed by atoms with Crippen LogP contribution in [0.3, 0.4) is 0 Å². The molecule has 0 heterocycles. The summed E-state index contributed by atoms with van der Waals surface area (Å²) in [6, 6.07) is 0. The predicted octanol–water partition coefficient (Wildman–Crippen LogP) is 2.63. The third kappa shape index (κ3) is 4.52. The van der Waals surface area contributed by atoms with Gasteiger partial charge in [-0.2, -0.15) is 0 Å². The van der Waals surface area contributed by atoms with E-state index in [1.807, 2.05) is 0 Å². The molecule has 2 N–H and O–H groups in total. The second kappa shape index (κ2) is 5.86. The van der Waals surface area contributed by atoms with Gasteiger partial charge in [0.15, 0.2) is 0 Å². The average molecular weight is 212 g/mol. The molecule has 0 aromatic carbocycles. The lowest BCUT2D eigenvalue weighted by Crippen LogP contribution is -2.49. The van der Waals surface area contributed by atoms with E-state index >= 15 is 0 Å². The Labute approximate surface area is 95.2 Å². The number of nitrogens with zero attached hydrogens (tertiary/aromatic N) is 1. The summed E-state index contributed by atoms with van der Waals surface area (Å²) < 4.78 is 0. The van der Waals surface area contributed by atoms with Crippen LogP contribution >= 0.6 is 0 Å². The Morgan fingerprint density at radius 2 is 2.00 bits per heavy atom. The smallest absolute Gasteiger partial charge is 0.0254 e. The van der Waals surface area contributed by atoms with E-state index in [0.29, 0.717) is 0 Å². The van der Waals surface area contributed by atoms with Crippen molar-refractivity contribution in [2.75, 3.05) is 19.6 Å². The van der Waals surface area contributed by atoms with E-state index in [-0.39, 0.29) is 5.54 Å². The Bertz CT molecular complexity index is 173. The average Bonchev–Trinajstić information content (AvgIpc) is 2.08. The van der Waals surface area contributed by atoms with Crippen LogP contribution in [0.4, 0.5) is 0 Å². The summed E-state index contributed by atoms with van der Waals surface area (Å²) in [5, 5.41) is 0. The number of hydrogen-bond acceptors (Lipinski definition) is 2. The Balaban J connectivity index is 2.30. The van der Waals surface area contributed by atoms with Crippen LogP contribution in [0.2, 0.25) is 0 Å². The second-order valence-corrected chi connectivity index (χ2v) is 5.53. The number of nitrogens with two attached hydrogens (primary N) is 1. The minimum Gasteiger partial charge on any atom is -0.324 e. The van der Waals surface area contributed by atoms with E-state index in [0.717, 1.165) is 25.4 Å². The van der Waals surface area contributed by atoms with Crippen LogP contribution in [0.15, 0.2) is 0 Å². The Kier molecular flexibility index (Phi) is 5.07. The van der Waals surface area contributed by atoms with Gasteiger partial charge < -0.3 is 10.6 Å². The Morgan fingerprint density at radius 1 is 1.33 bits per heavy atom. The molecule has 0 saturated heterocycles. The van der Waals surface area contributed by atoms with Gasteiger partial charge in [0.05, 0.1) is 0 Å². The first kappa shape index (κ1) is 13.0. The topological polar surface area (TPSA) is 29.3 Å². The van der Waals surface area contributed by atoms with Gasteiger partial charge in [0.25, 0.3) is 0 Å². The molecule has 1 saturated carbocycles. The summed E-state index contributed by atoms with van der Waals surface area (Å²) in [7, 11) is 0. The standard InChI is InChI=1S/C13H28N2/c1-4-9-13(3,14)11-15(5-2)10-12-7-6-8-12/h12H,4-11,14H2,1-3H3. The second-order valence-electron chi connectivity index (χ2n) is 5.53. The molecule has 1 rings (SSSR count). The first-order chi connectivity index (χ1) is 7.07. The summed E-state index contributed by atoms with van der Waals surface area (Å²) in [6.45, 7) is 10.1. The summed E-state index contributed by atoms with van der Waals surface area (Å²) in [5.41, 5.74) is 6.31. The van der Waals surface area contributed by atoms with Crippen LogP contribution < -0.4 is 5.73 Å². The minimum atomic E-state index is 0.00844. The van der Waals surface area contributed by atoms with Crippen molar-refractivity contribution in [3.63, 3.8) is 0 Å². The molecule has 1 unspecified atom stereocenters. The SMILES string of the molecule is CCCC(C)(N)CN(CC)CC1CCC1. The summed E-state index contributed by atoms with van der Waals surface area (Å²) in [5.74, 6) is 0.961. The highest BCUT2D eigenvalue weighted by atomic mass is 15.1. The maximum Gasteiger partial charge on any atom is 0.0254 e. The first-order valence-corrected chi connectivity index (χ1v) is 6.58. The normalized spacial score (nSPS) is 21.4. The molecule has 0 bridgehead atoms. The van der Waals surface area contributed by atoms with E-state index in [1.165, 1.54) is 32.2 Å². The van der Waals surface area contributed by atoms with Gasteiger partial charge in [-0.1, -0.05) is 26.7 Å². The summed E-state index contributed by atoms with van der Waals surface area (Å²) in [6.07, 6.45) is 6.64. The maximum atomic E-state index is 6.30. The minimum absolute atomic E-state index is 0.00844. The lowest BCUT2D eigenvalue weighted by molar-refractivity contribution is 0.153. The van der Waals surface area contributed by atoms with Crippen molar-refractivity contribution in [1.82, 2.24) is 4.90 Å². The lowest BCUT2D eigenvalue weighted by atomic mass is 9.84. The van der Waals surface area contributed by atoms with E-state index in [9.17, 15) is 0 Å². The Hall–Kier alpha value is -0.0800. The fraction of sp³-hybridized carbons (Fsp3) is 1.00. The van der Waals surface area contributed by atoms with Crippen LogP contribution in [-0.4, -0.2) is 30.1 Å². The maximum absolute atomic E-state index is 6.30. The molecule has 0 aliphatic heterocycles. The van der Waals surface area contributed by atoms with Gasteiger partial charge >= 0.3 is 0 Å². The molecule has 1 atom stereocenters. The molecular formula is C13H28N2. The molecule has 0 spiro atoms. The van der Waals surface area contributed by atoms with E-state index < -0.39 is 0 Å². The molecule has 1 fully saturated rings. The number of hydrogen-bond donors (Lipinski definition) is 1. The molecule has 0 radical (unpaired) electrons. The largest absolute Gasteiger partial charge is 0.324 e. The number of rotatable bonds is 7. The quantitative estimate of drug-likeness (QED) is 0.703. The van der Waals surface area contributed by atoms with Crippen LogP contribution in [0.5, 0.6) is 0 Å². The summed E-state index contributed by atoms with van der Waals surface area (Å²) >= 11 is 0. The zero-order valence-electron chi connectivity index (χ0n) is 10.8. The fourth-order valence-corrected chi connectivity index (χ4v) is 2.51. The van der Waals surface area contributed by atoms with Gasteiger partial charge in [-0.25, -0.2) is 0 Å². The summed E-state index contributed by atoms with van der Waals surface area (Å²) in [4.78, 5) is 2.54. The van der Waals surface area contributed by atoms with Gasteiger partial charge in [-0.05, 0) is 38.6 Å². The highest BCUT2D eigenvalue weighted by molar-refractivity contribution is 4.83. The molecule has 2 heteroatoms. The Morgan fingerprint density at radius 3 is 2.40 bits per heavy atom. The first-order valence-electron chi connectivity index (χ1n) is 6.58. The molecule has 1 aliphatic rings. The van der Waals surface area contributed by atoms with Gasteiger partial charge in [-0.15, -0.1) is 0 Å². The van der Waals surface area contributed by atoms with Crippen LogP contribution in [0.25, 0.3) is 0 Å². The van der Waals surface area contributed by atoms with E-state index in [4.69, 9.17) is 5.73 Å². The van der Waals surface area contributed by atoms with Crippen molar-refractivity contribution >= 4 is 0 Å². The molecule has 0 amide bonds. The molecular weight excluding hydrogens is 184 g/mol. The molecule has 0 aromatic heterocycles. The molecule has 90 valence electrons. The van der Waals surface area contributed by atoms with Gasteiger partial charge in [0, 0.05) is 18.6 Å². The molecule has 1 aliphatic carbocycles.